The third kappa shape index (κ3) is 3.10. The average Bonchev–Trinajstić information content (AvgIpc) is 3.27. The first-order valence-electron chi connectivity index (χ1n) is 10.2. The van der Waals surface area contributed by atoms with Gasteiger partial charge < -0.3 is 14.8 Å². The Kier molecular flexibility index (Phi) is 4.19. The van der Waals surface area contributed by atoms with Crippen LogP contribution in [-0.2, 0) is 6.54 Å². The van der Waals surface area contributed by atoms with E-state index in [1.165, 1.54) is 6.42 Å². The fraction of sp³-hybridized carbons (Fsp3) is 0.409. The van der Waals surface area contributed by atoms with Crippen LogP contribution in [0.25, 0.3) is 11.0 Å². The van der Waals surface area contributed by atoms with Crippen molar-refractivity contribution in [2.75, 3.05) is 5.32 Å². The van der Waals surface area contributed by atoms with Crippen molar-refractivity contribution in [2.24, 2.45) is 0 Å². The first kappa shape index (κ1) is 18.0. The molecule has 7 heteroatoms. The number of aryl methyl sites for hydroxylation is 2. The van der Waals surface area contributed by atoms with Gasteiger partial charge in [0.2, 0.25) is 0 Å². The molecule has 3 heterocycles. The highest BCUT2D eigenvalue weighted by Crippen LogP contribution is 2.46. The van der Waals surface area contributed by atoms with Crippen molar-refractivity contribution in [2.45, 2.75) is 58.3 Å². The number of rotatable bonds is 3. The molecule has 1 fully saturated rings. The van der Waals surface area contributed by atoms with Crippen molar-refractivity contribution in [1.29, 1.82) is 0 Å². The lowest BCUT2D eigenvalue weighted by molar-refractivity contribution is -0.105. The van der Waals surface area contributed by atoms with Gasteiger partial charge in [0.15, 0.2) is 17.1 Å². The molecule has 1 N–H and O–H groups in total. The van der Waals surface area contributed by atoms with Gasteiger partial charge in [0.1, 0.15) is 0 Å². The van der Waals surface area contributed by atoms with Crippen LogP contribution >= 0.6 is 0 Å². The van der Waals surface area contributed by atoms with Crippen LogP contribution in [-0.4, -0.2) is 26.5 Å². The minimum atomic E-state index is -0.520. The Labute approximate surface area is 169 Å². The summed E-state index contributed by atoms with van der Waals surface area (Å²) in [7, 11) is 0. The SMILES string of the molecule is CCn1ncc2cc(C(=O)Nc3ccc4c(c3)OC3(CCCCC3)O4)c(C)nc21. The lowest BCUT2D eigenvalue weighted by Crippen LogP contribution is -2.40. The number of amides is 1. The summed E-state index contributed by atoms with van der Waals surface area (Å²) in [6.07, 6.45) is 6.99. The molecular weight excluding hydrogens is 368 g/mol. The highest BCUT2D eigenvalue weighted by Gasteiger charge is 2.42. The van der Waals surface area contributed by atoms with Crippen molar-refractivity contribution < 1.29 is 14.3 Å². The van der Waals surface area contributed by atoms with Crippen molar-refractivity contribution in [3.05, 3.63) is 41.7 Å². The summed E-state index contributed by atoms with van der Waals surface area (Å²) in [6.45, 7) is 4.59. The smallest absolute Gasteiger partial charge is 0.257 e. The third-order valence-electron chi connectivity index (χ3n) is 5.76. The number of carbonyl (C=O) groups excluding carboxylic acids is 1. The van der Waals surface area contributed by atoms with E-state index in [0.717, 1.165) is 49.0 Å². The van der Waals surface area contributed by atoms with Crippen LogP contribution in [0.3, 0.4) is 0 Å². The van der Waals surface area contributed by atoms with Crippen LogP contribution in [0.4, 0.5) is 5.69 Å². The molecule has 1 aromatic carbocycles. The number of nitrogens with zero attached hydrogens (tertiary/aromatic N) is 3. The molecule has 0 radical (unpaired) electrons. The summed E-state index contributed by atoms with van der Waals surface area (Å²) < 4.78 is 14.1. The molecule has 0 atom stereocenters. The van der Waals surface area contributed by atoms with Gasteiger partial charge in [-0.15, -0.1) is 0 Å². The molecule has 7 nitrogen and oxygen atoms in total. The quantitative estimate of drug-likeness (QED) is 0.713. The number of pyridine rings is 1. The summed E-state index contributed by atoms with van der Waals surface area (Å²) in [4.78, 5) is 17.5. The summed E-state index contributed by atoms with van der Waals surface area (Å²) >= 11 is 0. The number of ether oxygens (including phenoxy) is 2. The first-order chi connectivity index (χ1) is 14.1. The van der Waals surface area contributed by atoms with E-state index in [0.29, 0.717) is 22.7 Å². The van der Waals surface area contributed by atoms with Crippen LogP contribution in [0.5, 0.6) is 11.5 Å². The van der Waals surface area contributed by atoms with Gasteiger partial charge in [0, 0.05) is 36.5 Å². The Hall–Kier alpha value is -3.09. The average molecular weight is 392 g/mol. The molecule has 0 bridgehead atoms. The minimum Gasteiger partial charge on any atom is -0.448 e. The Morgan fingerprint density at radius 3 is 2.76 bits per heavy atom. The number of hydrogen-bond donors (Lipinski definition) is 1. The van der Waals surface area contributed by atoms with Crippen LogP contribution < -0.4 is 14.8 Å². The maximum atomic E-state index is 12.9. The standard InChI is InChI=1S/C22H24N4O3/c1-3-26-20-15(13-23-26)11-17(14(2)24-20)21(27)25-16-7-8-18-19(12-16)29-22(28-18)9-5-4-6-10-22/h7-8,11-13H,3-6,9-10H2,1-2H3,(H,25,27). The van der Waals surface area contributed by atoms with Gasteiger partial charge in [0.25, 0.3) is 11.7 Å². The predicted octanol–water partition coefficient (Wildman–Crippen LogP) is 4.44. The number of nitrogens with one attached hydrogen (secondary N) is 1. The molecule has 0 saturated heterocycles. The molecule has 1 aliphatic carbocycles. The number of benzene rings is 1. The van der Waals surface area contributed by atoms with Gasteiger partial charge in [-0.1, -0.05) is 6.42 Å². The Morgan fingerprint density at radius 1 is 1.17 bits per heavy atom. The number of anilines is 1. The molecule has 3 aromatic rings. The zero-order chi connectivity index (χ0) is 20.0. The highest BCUT2D eigenvalue weighted by molar-refractivity contribution is 6.06. The molecule has 1 aliphatic heterocycles. The maximum absolute atomic E-state index is 12.9. The second-order valence-electron chi connectivity index (χ2n) is 7.79. The fourth-order valence-electron chi connectivity index (χ4n) is 4.22. The van der Waals surface area contributed by atoms with E-state index in [4.69, 9.17) is 9.47 Å². The zero-order valence-corrected chi connectivity index (χ0v) is 16.7. The van der Waals surface area contributed by atoms with Gasteiger partial charge in [-0.25, -0.2) is 9.67 Å². The van der Waals surface area contributed by atoms with Crippen molar-refractivity contribution in [3.63, 3.8) is 0 Å². The van der Waals surface area contributed by atoms with Crippen LogP contribution in [0, 0.1) is 6.92 Å². The molecule has 150 valence electrons. The Bertz CT molecular complexity index is 1100. The fourth-order valence-corrected chi connectivity index (χ4v) is 4.22. The lowest BCUT2D eigenvalue weighted by atomic mass is 9.94. The normalized spacial score (nSPS) is 17.0. The van der Waals surface area contributed by atoms with E-state index in [9.17, 15) is 4.79 Å². The molecule has 2 aromatic heterocycles. The van der Waals surface area contributed by atoms with E-state index >= 15 is 0 Å². The van der Waals surface area contributed by atoms with E-state index < -0.39 is 5.79 Å². The summed E-state index contributed by atoms with van der Waals surface area (Å²) in [5, 5.41) is 8.13. The van der Waals surface area contributed by atoms with Crippen molar-refractivity contribution in [1.82, 2.24) is 14.8 Å². The Balaban J connectivity index is 1.38. The van der Waals surface area contributed by atoms with E-state index in [1.807, 2.05) is 42.8 Å². The largest absolute Gasteiger partial charge is 0.448 e. The van der Waals surface area contributed by atoms with Crippen LogP contribution in [0.15, 0.2) is 30.5 Å². The zero-order valence-electron chi connectivity index (χ0n) is 16.7. The number of aromatic nitrogens is 3. The Morgan fingerprint density at radius 2 is 1.97 bits per heavy atom. The van der Waals surface area contributed by atoms with Gasteiger partial charge in [-0.3, -0.25) is 4.79 Å². The maximum Gasteiger partial charge on any atom is 0.257 e. The predicted molar refractivity (Wildman–Crippen MR) is 109 cm³/mol. The van der Waals surface area contributed by atoms with E-state index in [2.05, 4.69) is 15.4 Å². The molecular formula is C22H24N4O3. The molecule has 5 rings (SSSR count). The van der Waals surface area contributed by atoms with E-state index in [-0.39, 0.29) is 5.91 Å². The second kappa shape index (κ2) is 6.76. The van der Waals surface area contributed by atoms with Gasteiger partial charge in [-0.05, 0) is 44.9 Å². The molecule has 1 spiro atoms. The summed E-state index contributed by atoms with van der Waals surface area (Å²) in [6, 6.07) is 7.40. The second-order valence-corrected chi connectivity index (χ2v) is 7.79. The molecule has 2 aliphatic rings. The number of fused-ring (bicyclic) bond motifs is 2. The van der Waals surface area contributed by atoms with Gasteiger partial charge >= 0.3 is 0 Å². The lowest BCUT2D eigenvalue weighted by Gasteiger charge is -2.31. The third-order valence-corrected chi connectivity index (χ3v) is 5.76. The van der Waals surface area contributed by atoms with Crippen molar-refractivity contribution >= 4 is 22.6 Å². The van der Waals surface area contributed by atoms with Gasteiger partial charge in [0.05, 0.1) is 17.5 Å². The summed E-state index contributed by atoms with van der Waals surface area (Å²) in [5.74, 6) is 0.719. The number of hydrogen-bond acceptors (Lipinski definition) is 5. The first-order valence-corrected chi connectivity index (χ1v) is 10.2. The minimum absolute atomic E-state index is 0.201. The molecule has 1 saturated carbocycles. The van der Waals surface area contributed by atoms with Crippen LogP contribution in [0.1, 0.15) is 55.1 Å². The highest BCUT2D eigenvalue weighted by atomic mass is 16.7. The number of carbonyl (C=O) groups is 1. The van der Waals surface area contributed by atoms with E-state index in [1.54, 1.807) is 6.20 Å². The summed E-state index contributed by atoms with van der Waals surface area (Å²) in [5.41, 5.74) is 2.68. The molecule has 1 amide bonds. The topological polar surface area (TPSA) is 78.3 Å². The molecule has 0 unspecified atom stereocenters. The van der Waals surface area contributed by atoms with Gasteiger partial charge in [-0.2, -0.15) is 5.10 Å². The van der Waals surface area contributed by atoms with Crippen LogP contribution in [0.2, 0.25) is 0 Å². The monoisotopic (exact) mass is 392 g/mol. The molecule has 29 heavy (non-hydrogen) atoms. The van der Waals surface area contributed by atoms with Crippen molar-refractivity contribution in [3.8, 4) is 11.5 Å².